The average Bonchev–Trinajstić information content (AvgIpc) is 3.07. The summed E-state index contributed by atoms with van der Waals surface area (Å²) in [6.45, 7) is 0.961. The number of benzene rings is 2. The fourth-order valence-electron chi connectivity index (χ4n) is 5.58. The minimum atomic E-state index is -0.370. The van der Waals surface area contributed by atoms with E-state index in [0.29, 0.717) is 11.1 Å². The fourth-order valence-corrected chi connectivity index (χ4v) is 5.71. The molecule has 0 spiro atoms. The number of rotatable bonds is 8. The number of nitrogens with zero attached hydrogens (tertiary/aromatic N) is 2. The van der Waals surface area contributed by atoms with E-state index in [0.717, 1.165) is 50.6 Å². The Balaban J connectivity index is 1.38. The Hall–Kier alpha value is -2.44. The molecule has 2 saturated heterocycles. The quantitative estimate of drug-likeness (QED) is 0.231. The molecule has 4 atom stereocenters. The summed E-state index contributed by atoms with van der Waals surface area (Å²) < 4.78 is 5.23. The summed E-state index contributed by atoms with van der Waals surface area (Å²) in [5, 5.41) is 11.5. The van der Waals surface area contributed by atoms with Gasteiger partial charge in [0.15, 0.2) is 0 Å². The fraction of sp³-hybridized carbons (Fsp3) is 0.480. The molecule has 0 unspecified atom stereocenters. The molecule has 0 amide bonds. The number of fused-ring (bicyclic) bond motifs is 2. The van der Waals surface area contributed by atoms with Gasteiger partial charge in [-0.2, -0.15) is 0 Å². The highest BCUT2D eigenvalue weighted by Crippen LogP contribution is 2.47. The van der Waals surface area contributed by atoms with Gasteiger partial charge in [-0.15, -0.1) is 0 Å². The molecular weight excluding hydrogens is 428 g/mol. The second kappa shape index (κ2) is 10.0. The lowest BCUT2D eigenvalue weighted by molar-refractivity contribution is -0.384. The average molecular weight is 457 g/mol. The van der Waals surface area contributed by atoms with E-state index in [1.54, 1.807) is 12.1 Å². The predicted molar refractivity (Wildman–Crippen MR) is 124 cm³/mol. The number of hydrogen-bond acceptors (Lipinski definition) is 5. The van der Waals surface area contributed by atoms with Gasteiger partial charge in [-0.3, -0.25) is 19.8 Å². The number of carbonyl (C=O) groups excluding carboxylic acids is 1. The molecule has 2 aliphatic rings. The maximum Gasteiger partial charge on any atom is 0.310 e. The van der Waals surface area contributed by atoms with Crippen LogP contribution in [0.15, 0.2) is 48.5 Å². The number of esters is 1. The topological polar surface area (TPSA) is 72.7 Å². The first-order chi connectivity index (χ1) is 15.5. The number of carbonyl (C=O) groups is 1. The Labute approximate surface area is 193 Å². The van der Waals surface area contributed by atoms with Crippen molar-refractivity contribution < 1.29 is 14.5 Å². The van der Waals surface area contributed by atoms with Crippen LogP contribution in [0.5, 0.6) is 0 Å². The Bertz CT molecular complexity index is 947. The van der Waals surface area contributed by atoms with Crippen molar-refractivity contribution in [1.82, 2.24) is 4.90 Å². The van der Waals surface area contributed by atoms with E-state index in [1.807, 2.05) is 36.4 Å². The third-order valence-electron chi connectivity index (χ3n) is 7.12. The van der Waals surface area contributed by atoms with Gasteiger partial charge in [-0.25, -0.2) is 0 Å². The van der Waals surface area contributed by atoms with E-state index in [4.69, 9.17) is 16.3 Å². The Kier molecular flexibility index (Phi) is 7.11. The zero-order chi connectivity index (χ0) is 22.7. The first-order valence-corrected chi connectivity index (χ1v) is 11.7. The van der Waals surface area contributed by atoms with Crippen molar-refractivity contribution in [3.63, 3.8) is 0 Å². The van der Waals surface area contributed by atoms with E-state index in [9.17, 15) is 14.9 Å². The van der Waals surface area contributed by atoms with Crippen molar-refractivity contribution in [3.05, 3.63) is 74.8 Å². The summed E-state index contributed by atoms with van der Waals surface area (Å²) in [5.74, 6) is -0.116. The van der Waals surface area contributed by atoms with Crippen LogP contribution in [-0.2, 0) is 16.0 Å². The number of methoxy groups -OCH3 is 1. The van der Waals surface area contributed by atoms with Crippen LogP contribution in [0.3, 0.4) is 0 Å². The summed E-state index contributed by atoms with van der Waals surface area (Å²) in [5.41, 5.74) is 2.41. The monoisotopic (exact) mass is 456 g/mol. The first kappa shape index (κ1) is 22.7. The minimum absolute atomic E-state index is 0.119. The van der Waals surface area contributed by atoms with Crippen molar-refractivity contribution in [3.8, 4) is 0 Å². The Morgan fingerprint density at radius 1 is 1.12 bits per heavy atom. The second-order valence-corrected chi connectivity index (χ2v) is 9.30. The third-order valence-corrected chi connectivity index (χ3v) is 7.37. The van der Waals surface area contributed by atoms with Gasteiger partial charge < -0.3 is 4.74 Å². The molecule has 0 aliphatic carbocycles. The van der Waals surface area contributed by atoms with E-state index < -0.39 is 0 Å². The lowest BCUT2D eigenvalue weighted by Crippen LogP contribution is -2.51. The molecular formula is C25H29ClN2O4. The maximum absolute atomic E-state index is 12.8. The lowest BCUT2D eigenvalue weighted by atomic mass is 9.76. The van der Waals surface area contributed by atoms with Crippen molar-refractivity contribution in [1.29, 1.82) is 0 Å². The first-order valence-electron chi connectivity index (χ1n) is 11.3. The van der Waals surface area contributed by atoms with Gasteiger partial charge in [0.05, 0.1) is 18.0 Å². The standard InChI is InChI=1S/C25H29ClN2O4/c1-32-25(29)24-22(18-7-9-19(26)10-8-18)16-21-13-14-23(24)27(21)15-3-2-4-17-5-11-20(12-6-17)28(30)31/h5-12,21-24H,2-4,13-16H2,1H3/t21-,22+,23+,24-/m0/s1. The SMILES string of the molecule is COC(=O)[C@H]1[C@@H](c2ccc(Cl)cc2)C[C@@H]2CC[C@H]1N2CCCCc1ccc([N+](=O)[O-])cc1. The number of nitro benzene ring substituents is 1. The van der Waals surface area contributed by atoms with Gasteiger partial charge in [0.25, 0.3) is 5.69 Å². The smallest absolute Gasteiger partial charge is 0.310 e. The number of ether oxygens (including phenoxy) is 1. The number of hydrogen-bond donors (Lipinski definition) is 0. The number of nitro groups is 1. The molecule has 0 saturated carbocycles. The molecule has 2 bridgehead atoms. The predicted octanol–water partition coefficient (Wildman–Crippen LogP) is 5.38. The molecule has 2 aliphatic heterocycles. The molecule has 7 heteroatoms. The molecule has 4 rings (SSSR count). The summed E-state index contributed by atoms with van der Waals surface area (Å²) in [6.07, 6.45) is 6.04. The van der Waals surface area contributed by atoms with Crippen molar-refractivity contribution in [2.24, 2.45) is 5.92 Å². The van der Waals surface area contributed by atoms with E-state index >= 15 is 0 Å². The van der Waals surface area contributed by atoms with Gasteiger partial charge in [0.1, 0.15) is 0 Å². The van der Waals surface area contributed by atoms with Crippen LogP contribution < -0.4 is 0 Å². The summed E-state index contributed by atoms with van der Waals surface area (Å²) in [4.78, 5) is 25.8. The number of aryl methyl sites for hydroxylation is 1. The van der Waals surface area contributed by atoms with E-state index in [1.165, 1.54) is 12.7 Å². The van der Waals surface area contributed by atoms with Crippen LogP contribution in [0.1, 0.15) is 49.1 Å². The molecule has 6 nitrogen and oxygen atoms in total. The van der Waals surface area contributed by atoms with E-state index in [-0.39, 0.29) is 34.5 Å². The van der Waals surface area contributed by atoms with E-state index in [2.05, 4.69) is 4.90 Å². The molecule has 0 radical (unpaired) electrons. The number of halogens is 1. The summed E-state index contributed by atoms with van der Waals surface area (Å²) in [7, 11) is 1.48. The van der Waals surface area contributed by atoms with Gasteiger partial charge >= 0.3 is 5.97 Å². The summed E-state index contributed by atoms with van der Waals surface area (Å²) >= 11 is 6.08. The number of piperidine rings is 1. The largest absolute Gasteiger partial charge is 0.469 e. The highest BCUT2D eigenvalue weighted by Gasteiger charge is 2.50. The molecule has 2 aromatic carbocycles. The third kappa shape index (κ3) is 4.81. The van der Waals surface area contributed by atoms with Crippen LogP contribution in [0.2, 0.25) is 5.02 Å². The lowest BCUT2D eigenvalue weighted by Gasteiger charge is -2.43. The molecule has 2 aromatic rings. The number of unbranched alkanes of at least 4 members (excludes halogenated alkanes) is 1. The van der Waals surface area contributed by atoms with Gasteiger partial charge in [0.2, 0.25) is 0 Å². The van der Waals surface area contributed by atoms with Gasteiger partial charge in [-0.1, -0.05) is 35.9 Å². The van der Waals surface area contributed by atoms with Gasteiger partial charge in [-0.05, 0) is 68.3 Å². The molecule has 0 N–H and O–H groups in total. The van der Waals surface area contributed by atoms with Crippen LogP contribution in [-0.4, -0.2) is 41.5 Å². The molecule has 170 valence electrons. The Morgan fingerprint density at radius 2 is 1.84 bits per heavy atom. The molecule has 0 aromatic heterocycles. The van der Waals surface area contributed by atoms with Crippen molar-refractivity contribution in [2.45, 2.75) is 56.5 Å². The number of non-ortho nitro benzene ring substituents is 1. The molecule has 2 heterocycles. The normalized spacial score (nSPS) is 24.9. The van der Waals surface area contributed by atoms with Crippen molar-refractivity contribution in [2.75, 3.05) is 13.7 Å². The highest BCUT2D eigenvalue weighted by molar-refractivity contribution is 6.30. The second-order valence-electron chi connectivity index (χ2n) is 8.86. The van der Waals surface area contributed by atoms with Crippen molar-refractivity contribution >= 4 is 23.3 Å². The minimum Gasteiger partial charge on any atom is -0.469 e. The summed E-state index contributed by atoms with van der Waals surface area (Å²) in [6, 6.07) is 15.4. The van der Waals surface area contributed by atoms with Gasteiger partial charge in [0, 0.05) is 35.2 Å². The zero-order valence-electron chi connectivity index (χ0n) is 18.3. The van der Waals surface area contributed by atoms with Crippen LogP contribution in [0, 0.1) is 16.0 Å². The zero-order valence-corrected chi connectivity index (χ0v) is 19.0. The Morgan fingerprint density at radius 3 is 2.50 bits per heavy atom. The maximum atomic E-state index is 12.8. The van der Waals surface area contributed by atoms with Crippen LogP contribution in [0.25, 0.3) is 0 Å². The molecule has 32 heavy (non-hydrogen) atoms. The molecule has 2 fully saturated rings. The highest BCUT2D eigenvalue weighted by atomic mass is 35.5. The van der Waals surface area contributed by atoms with Crippen LogP contribution in [0.4, 0.5) is 5.69 Å². The van der Waals surface area contributed by atoms with Crippen LogP contribution >= 0.6 is 11.6 Å².